The minimum absolute atomic E-state index is 0.842. The van der Waals surface area contributed by atoms with Crippen molar-refractivity contribution in [1.29, 1.82) is 0 Å². The molecule has 342 valence electrons. The molecule has 72 heavy (non-hydrogen) atoms. The predicted octanol–water partition coefficient (Wildman–Crippen LogP) is 19.8. The Kier molecular flexibility index (Phi) is 8.53. The summed E-state index contributed by atoms with van der Waals surface area (Å²) in [5.74, 6) is 0. The molecule has 0 aliphatic carbocycles. The monoisotopic (exact) mass is 928 g/mol. The second kappa shape index (κ2) is 15.1. The number of hydrogen-bond donors (Lipinski definition) is 0. The molecule has 0 spiro atoms. The van der Waals surface area contributed by atoms with Crippen molar-refractivity contribution < 1.29 is 17.7 Å². The average molecular weight is 929 g/mol. The first kappa shape index (κ1) is 40.6. The van der Waals surface area contributed by atoms with Crippen molar-refractivity contribution >= 4 is 143 Å². The van der Waals surface area contributed by atoms with Crippen LogP contribution in [-0.2, 0) is 0 Å². The van der Waals surface area contributed by atoms with E-state index < -0.39 is 0 Å². The third-order valence-electron chi connectivity index (χ3n) is 15.2. The van der Waals surface area contributed by atoms with Gasteiger partial charge in [0.25, 0.3) is 0 Å². The van der Waals surface area contributed by atoms with Crippen molar-refractivity contribution in [2.75, 3.05) is 9.80 Å². The number of rotatable bonds is 6. The third kappa shape index (κ3) is 5.84. The fourth-order valence-electron chi connectivity index (χ4n) is 11.7. The minimum Gasteiger partial charge on any atom is -0.456 e. The van der Waals surface area contributed by atoms with E-state index in [1.807, 2.05) is 24.3 Å². The molecule has 4 heterocycles. The fraction of sp³-hybridized carbons (Fsp3) is 0.0606. The Morgan fingerprint density at radius 1 is 0.278 bits per heavy atom. The van der Waals surface area contributed by atoms with Crippen molar-refractivity contribution in [3.05, 3.63) is 216 Å². The van der Waals surface area contributed by atoms with Crippen LogP contribution in [0, 0.1) is 27.7 Å². The van der Waals surface area contributed by atoms with Crippen LogP contribution in [0.4, 0.5) is 34.1 Å². The molecule has 4 aromatic heterocycles. The van der Waals surface area contributed by atoms with Crippen LogP contribution in [0.1, 0.15) is 22.3 Å². The first-order valence-corrected chi connectivity index (χ1v) is 24.6. The van der Waals surface area contributed by atoms with E-state index in [-0.39, 0.29) is 0 Å². The van der Waals surface area contributed by atoms with Gasteiger partial charge in [0.05, 0.1) is 11.4 Å². The van der Waals surface area contributed by atoms with Crippen LogP contribution in [0.2, 0.25) is 0 Å². The van der Waals surface area contributed by atoms with Gasteiger partial charge in [-0.05, 0) is 145 Å². The molecule has 0 amide bonds. The molecule has 0 saturated carbocycles. The number of hydrogen-bond acceptors (Lipinski definition) is 6. The predicted molar refractivity (Wildman–Crippen MR) is 299 cm³/mol. The zero-order valence-electron chi connectivity index (χ0n) is 40.0. The van der Waals surface area contributed by atoms with Gasteiger partial charge in [0.2, 0.25) is 0 Å². The molecule has 0 bridgehead atoms. The summed E-state index contributed by atoms with van der Waals surface area (Å²) in [6.45, 7) is 8.67. The molecule has 15 aromatic rings. The molecule has 0 aliphatic rings. The van der Waals surface area contributed by atoms with Gasteiger partial charge in [-0.1, -0.05) is 109 Å². The molecule has 6 nitrogen and oxygen atoms in total. The summed E-state index contributed by atoms with van der Waals surface area (Å²) in [5, 5.41) is 13.1. The van der Waals surface area contributed by atoms with Gasteiger partial charge in [0.1, 0.15) is 33.5 Å². The average Bonchev–Trinajstić information content (AvgIpc) is 4.19. The van der Waals surface area contributed by atoms with Gasteiger partial charge in [-0.3, -0.25) is 0 Å². The molecule has 6 heteroatoms. The highest BCUT2D eigenvalue weighted by Crippen LogP contribution is 2.48. The van der Waals surface area contributed by atoms with Crippen molar-refractivity contribution in [3.8, 4) is 0 Å². The summed E-state index contributed by atoms with van der Waals surface area (Å²) in [5.41, 5.74) is 17.6. The van der Waals surface area contributed by atoms with E-state index in [0.717, 1.165) is 166 Å². The molecular weight excluding hydrogens is 885 g/mol. The van der Waals surface area contributed by atoms with Crippen molar-refractivity contribution in [3.63, 3.8) is 0 Å². The molecule has 0 N–H and O–H groups in total. The highest BCUT2D eigenvalue weighted by molar-refractivity contribution is 6.22. The third-order valence-corrected chi connectivity index (χ3v) is 15.2. The Hall–Kier alpha value is -9.26. The zero-order chi connectivity index (χ0) is 47.9. The first-order valence-electron chi connectivity index (χ1n) is 24.6. The second-order valence-electron chi connectivity index (χ2n) is 19.4. The molecule has 0 aliphatic heterocycles. The van der Waals surface area contributed by atoms with E-state index in [0.29, 0.717) is 0 Å². The van der Waals surface area contributed by atoms with Gasteiger partial charge >= 0.3 is 0 Å². The van der Waals surface area contributed by atoms with Crippen LogP contribution in [0.25, 0.3) is 109 Å². The lowest BCUT2D eigenvalue weighted by Crippen LogP contribution is -2.11. The van der Waals surface area contributed by atoms with Gasteiger partial charge in [0.15, 0.2) is 11.2 Å². The maximum absolute atomic E-state index is 6.97. The SMILES string of the molecule is Cc1ccccc1N(c1ccc2cc3c(cc2c1)oc1c(C)c2c(oc4cc5cc(N(c6ccccc6C)c6cccc7c6oc6ccccc67)ccc5cc42)c(C)c13)c1cccc2c1oc1ccccc12. The van der Waals surface area contributed by atoms with Gasteiger partial charge < -0.3 is 27.5 Å². The van der Waals surface area contributed by atoms with Gasteiger partial charge in [-0.2, -0.15) is 0 Å². The number of aryl methyl sites for hydroxylation is 4. The van der Waals surface area contributed by atoms with Crippen LogP contribution in [-0.4, -0.2) is 0 Å². The van der Waals surface area contributed by atoms with E-state index in [9.17, 15) is 0 Å². The Bertz CT molecular complexity index is 4470. The summed E-state index contributed by atoms with van der Waals surface area (Å²) in [4.78, 5) is 4.65. The van der Waals surface area contributed by atoms with Gasteiger partial charge in [-0.15, -0.1) is 0 Å². The normalized spacial score (nSPS) is 12.2. The molecular formula is C66H44N2O4. The Labute approximate surface area is 413 Å². The molecule has 0 unspecified atom stereocenters. The summed E-state index contributed by atoms with van der Waals surface area (Å²) in [6, 6.07) is 68.8. The highest BCUT2D eigenvalue weighted by Gasteiger charge is 2.25. The Balaban J connectivity index is 0.867. The van der Waals surface area contributed by atoms with Crippen LogP contribution in [0.15, 0.2) is 212 Å². The maximum Gasteiger partial charge on any atom is 0.159 e. The highest BCUT2D eigenvalue weighted by atomic mass is 16.3. The lowest BCUT2D eigenvalue weighted by atomic mass is 9.97. The summed E-state index contributed by atoms with van der Waals surface area (Å²) in [6.07, 6.45) is 0. The number of anilines is 6. The van der Waals surface area contributed by atoms with E-state index in [1.54, 1.807) is 0 Å². The van der Waals surface area contributed by atoms with Crippen LogP contribution in [0.5, 0.6) is 0 Å². The Morgan fingerprint density at radius 3 is 1.12 bits per heavy atom. The Morgan fingerprint density at radius 2 is 0.667 bits per heavy atom. The molecule has 0 fully saturated rings. The minimum atomic E-state index is 0.842. The fourth-order valence-corrected chi connectivity index (χ4v) is 11.7. The van der Waals surface area contributed by atoms with E-state index in [2.05, 4.69) is 207 Å². The van der Waals surface area contributed by atoms with Gasteiger partial charge in [0, 0.05) is 77.0 Å². The number of furan rings is 4. The quantitative estimate of drug-likeness (QED) is 0.166. The van der Waals surface area contributed by atoms with E-state index in [1.165, 1.54) is 0 Å². The van der Waals surface area contributed by atoms with Crippen molar-refractivity contribution in [2.24, 2.45) is 0 Å². The van der Waals surface area contributed by atoms with E-state index in [4.69, 9.17) is 17.7 Å². The summed E-state index contributed by atoms with van der Waals surface area (Å²) < 4.78 is 27.2. The van der Waals surface area contributed by atoms with Crippen molar-refractivity contribution in [1.82, 2.24) is 0 Å². The standard InChI is InChI=1S/C66H44N2O4/c1-37-15-5-9-21-53(37)67(55-23-13-19-49-47-17-7-11-25-57(47)69-65(49)55)45-29-27-41-33-51-59(35-43(41)31-45)71-63-40(4)62-52-34-42-28-30-46(32-44(42)36-60(52)72-64(62)39(3)61(51)63)68(54-22-10-6-16-38(54)2)56-24-14-20-50-48-18-8-12-26-58(48)70-66(50)56/h5-36H,1-4H3. The van der Waals surface area contributed by atoms with Crippen LogP contribution < -0.4 is 9.80 Å². The largest absolute Gasteiger partial charge is 0.456 e. The topological polar surface area (TPSA) is 59.0 Å². The summed E-state index contributed by atoms with van der Waals surface area (Å²) >= 11 is 0. The number of fused-ring (bicyclic) bond motifs is 14. The zero-order valence-corrected chi connectivity index (χ0v) is 40.0. The van der Waals surface area contributed by atoms with Crippen LogP contribution in [0.3, 0.4) is 0 Å². The summed E-state index contributed by atoms with van der Waals surface area (Å²) in [7, 11) is 0. The molecule has 0 radical (unpaired) electrons. The number of nitrogens with zero attached hydrogens (tertiary/aromatic N) is 2. The number of benzene rings is 11. The van der Waals surface area contributed by atoms with E-state index >= 15 is 0 Å². The van der Waals surface area contributed by atoms with Crippen LogP contribution >= 0.6 is 0 Å². The first-order chi connectivity index (χ1) is 35.3. The lowest BCUT2D eigenvalue weighted by Gasteiger charge is -2.27. The number of para-hydroxylation sites is 6. The van der Waals surface area contributed by atoms with Crippen molar-refractivity contribution in [2.45, 2.75) is 27.7 Å². The smallest absolute Gasteiger partial charge is 0.159 e. The second-order valence-corrected chi connectivity index (χ2v) is 19.4. The molecule has 11 aromatic carbocycles. The lowest BCUT2D eigenvalue weighted by molar-refractivity contribution is 0.660. The molecule has 15 rings (SSSR count). The van der Waals surface area contributed by atoms with Gasteiger partial charge in [-0.25, -0.2) is 0 Å². The maximum atomic E-state index is 6.97. The molecule has 0 atom stereocenters. The molecule has 0 saturated heterocycles.